The number of amides is 1. The van der Waals surface area contributed by atoms with Crippen LogP contribution >= 0.6 is 0 Å². The number of esters is 1. The number of benzene rings is 1. The molecule has 1 aromatic carbocycles. The van der Waals surface area contributed by atoms with E-state index in [0.29, 0.717) is 11.8 Å². The molecule has 1 aliphatic heterocycles. The van der Waals surface area contributed by atoms with Gasteiger partial charge >= 0.3 is 12.1 Å². The van der Waals surface area contributed by atoms with Crippen molar-refractivity contribution < 1.29 is 24.2 Å². The number of carbonyl (C=O) groups excluding carboxylic acids is 2. The van der Waals surface area contributed by atoms with E-state index in [1.54, 1.807) is 4.90 Å². The molecule has 0 bridgehead atoms. The first-order valence-corrected chi connectivity index (χ1v) is 13.8. The fourth-order valence-corrected chi connectivity index (χ4v) is 5.51. The third-order valence-electron chi connectivity index (χ3n) is 7.65. The molecule has 206 valence electrons. The summed E-state index contributed by atoms with van der Waals surface area (Å²) in [6, 6.07) is 7.13. The van der Waals surface area contributed by atoms with Gasteiger partial charge in [0.15, 0.2) is 0 Å². The van der Waals surface area contributed by atoms with Gasteiger partial charge in [-0.05, 0) is 67.9 Å². The molecule has 0 aromatic heterocycles. The Hall–Kier alpha value is -2.50. The van der Waals surface area contributed by atoms with E-state index in [9.17, 15) is 14.7 Å². The predicted molar refractivity (Wildman–Crippen MR) is 146 cm³/mol. The largest absolute Gasteiger partial charge is 0.512 e. The smallest absolute Gasteiger partial charge is 0.411 e. The van der Waals surface area contributed by atoms with E-state index in [1.165, 1.54) is 0 Å². The average Bonchev–Trinajstić information content (AvgIpc) is 2.76. The number of aliphatic hydroxyl groups excluding tert-OH is 1. The van der Waals surface area contributed by atoms with E-state index in [4.69, 9.17) is 9.47 Å². The van der Waals surface area contributed by atoms with Gasteiger partial charge in [-0.1, -0.05) is 72.2 Å². The molecule has 0 unspecified atom stereocenters. The second-order valence-corrected chi connectivity index (χ2v) is 13.3. The molecule has 6 heteroatoms. The van der Waals surface area contributed by atoms with E-state index in [-0.39, 0.29) is 41.7 Å². The third kappa shape index (κ3) is 7.08. The fourth-order valence-electron chi connectivity index (χ4n) is 5.51. The minimum absolute atomic E-state index is 0.0142. The molecule has 2 aliphatic rings. The zero-order valence-electron chi connectivity index (χ0n) is 24.3. The lowest BCUT2D eigenvalue weighted by Crippen LogP contribution is -2.45. The van der Waals surface area contributed by atoms with Gasteiger partial charge in [0.05, 0.1) is 6.04 Å². The van der Waals surface area contributed by atoms with Crippen LogP contribution in [0.4, 0.5) is 4.79 Å². The molecule has 37 heavy (non-hydrogen) atoms. The van der Waals surface area contributed by atoms with E-state index >= 15 is 0 Å². The molecule has 6 nitrogen and oxygen atoms in total. The molecular weight excluding hydrogens is 466 g/mol. The molecule has 1 heterocycles. The Morgan fingerprint density at radius 3 is 2.19 bits per heavy atom. The summed E-state index contributed by atoms with van der Waals surface area (Å²) in [6.07, 6.45) is 2.40. The number of hydrogen-bond donors (Lipinski definition) is 1. The highest BCUT2D eigenvalue weighted by atomic mass is 16.6. The number of carbonyl (C=O) groups is 2. The van der Waals surface area contributed by atoms with E-state index in [0.717, 1.165) is 30.4 Å². The van der Waals surface area contributed by atoms with E-state index in [2.05, 4.69) is 41.5 Å². The Kier molecular flexibility index (Phi) is 8.71. The second kappa shape index (κ2) is 11.1. The van der Waals surface area contributed by atoms with Gasteiger partial charge in [-0.25, -0.2) is 9.59 Å². The number of nitrogens with zero attached hydrogens (tertiary/aromatic N) is 1. The maximum atomic E-state index is 13.8. The molecule has 1 amide bonds. The molecular formula is C31H47NO5. The van der Waals surface area contributed by atoms with Crippen molar-refractivity contribution in [3.8, 4) is 0 Å². The van der Waals surface area contributed by atoms with Crippen molar-refractivity contribution in [2.75, 3.05) is 6.54 Å². The molecule has 0 spiro atoms. The van der Waals surface area contributed by atoms with Crippen LogP contribution in [0.2, 0.25) is 0 Å². The third-order valence-corrected chi connectivity index (χ3v) is 7.65. The molecule has 3 rings (SSSR count). The Labute approximate surface area is 223 Å². The highest BCUT2D eigenvalue weighted by Gasteiger charge is 2.42. The van der Waals surface area contributed by atoms with E-state index in [1.807, 2.05) is 45.0 Å². The van der Waals surface area contributed by atoms with Crippen molar-refractivity contribution in [3.63, 3.8) is 0 Å². The van der Waals surface area contributed by atoms with Gasteiger partial charge in [0.25, 0.3) is 0 Å². The monoisotopic (exact) mass is 513 g/mol. The second-order valence-electron chi connectivity index (χ2n) is 13.3. The first-order chi connectivity index (χ1) is 17.1. The summed E-state index contributed by atoms with van der Waals surface area (Å²) in [7, 11) is 0. The topological polar surface area (TPSA) is 76.1 Å². The minimum Gasteiger partial charge on any atom is -0.512 e. The summed E-state index contributed by atoms with van der Waals surface area (Å²) in [5.74, 6) is 0.581. The van der Waals surface area contributed by atoms with Gasteiger partial charge in [0, 0.05) is 13.0 Å². The summed E-state index contributed by atoms with van der Waals surface area (Å²) in [6.45, 7) is 18.7. The molecule has 0 radical (unpaired) electrons. The lowest BCUT2D eigenvalue weighted by atomic mass is 9.75. The quantitative estimate of drug-likeness (QED) is 0.422. The highest BCUT2D eigenvalue weighted by molar-refractivity contribution is 5.92. The SMILES string of the molecule is CC(C)[C@@H]1CC[C@@H](C)C[C@H]1OC(=O)C1=C(O)CCN(C(=O)OC(C)(C)C)[C@@H]1c1ccc(C(C)(C)C)cc1. The molecule has 1 fully saturated rings. The Balaban J connectivity index is 2.01. The lowest BCUT2D eigenvalue weighted by Gasteiger charge is -2.40. The van der Waals surface area contributed by atoms with Crippen molar-refractivity contribution in [1.29, 1.82) is 0 Å². The number of hydrogen-bond acceptors (Lipinski definition) is 5. The Morgan fingerprint density at radius 2 is 1.65 bits per heavy atom. The van der Waals surface area contributed by atoms with Crippen LogP contribution in [0, 0.1) is 17.8 Å². The fraction of sp³-hybridized carbons (Fsp3) is 0.677. The van der Waals surface area contributed by atoms with Gasteiger partial charge in [0.1, 0.15) is 23.0 Å². The standard InChI is InChI=1S/C31H47NO5/c1-19(2)23-15-10-20(3)18-25(23)36-28(34)26-24(33)16-17-32(29(35)37-31(7,8)9)27(26)21-11-13-22(14-12-21)30(4,5)6/h11-14,19-20,23,25,27,33H,10,15-18H2,1-9H3/t20-,23+,25-,27-/m1/s1. The summed E-state index contributed by atoms with van der Waals surface area (Å²) in [5.41, 5.74) is 1.30. The van der Waals surface area contributed by atoms with Crippen molar-refractivity contribution >= 4 is 12.1 Å². The Bertz CT molecular complexity index is 996. The zero-order valence-corrected chi connectivity index (χ0v) is 24.3. The van der Waals surface area contributed by atoms with Crippen LogP contribution in [0.1, 0.15) is 105 Å². The molecule has 1 aliphatic carbocycles. The van der Waals surface area contributed by atoms with Crippen LogP contribution in [0.25, 0.3) is 0 Å². The molecule has 4 atom stereocenters. The molecule has 1 N–H and O–H groups in total. The minimum atomic E-state index is -0.788. The number of rotatable bonds is 4. The van der Waals surface area contributed by atoms with Gasteiger partial charge < -0.3 is 14.6 Å². The Morgan fingerprint density at radius 1 is 1.03 bits per heavy atom. The average molecular weight is 514 g/mol. The van der Waals surface area contributed by atoms with Crippen molar-refractivity contribution in [1.82, 2.24) is 4.90 Å². The zero-order chi connectivity index (χ0) is 27.7. The van der Waals surface area contributed by atoms with Crippen LogP contribution in [0.15, 0.2) is 35.6 Å². The summed E-state index contributed by atoms with van der Waals surface area (Å²) in [4.78, 5) is 28.7. The van der Waals surface area contributed by atoms with Crippen LogP contribution in [-0.4, -0.2) is 40.3 Å². The first kappa shape index (κ1) is 29.1. The summed E-state index contributed by atoms with van der Waals surface area (Å²) in [5, 5.41) is 11.0. The van der Waals surface area contributed by atoms with Crippen molar-refractivity contribution in [2.24, 2.45) is 17.8 Å². The predicted octanol–water partition coefficient (Wildman–Crippen LogP) is 7.48. The number of ether oxygens (including phenoxy) is 2. The van der Waals surface area contributed by atoms with Crippen LogP contribution in [-0.2, 0) is 19.7 Å². The van der Waals surface area contributed by atoms with Crippen LogP contribution in [0.5, 0.6) is 0 Å². The highest BCUT2D eigenvalue weighted by Crippen LogP contribution is 2.40. The molecule has 0 saturated heterocycles. The number of aliphatic hydroxyl groups is 1. The van der Waals surface area contributed by atoms with Crippen LogP contribution < -0.4 is 0 Å². The van der Waals surface area contributed by atoms with Crippen LogP contribution in [0.3, 0.4) is 0 Å². The maximum Gasteiger partial charge on any atom is 0.411 e. The normalized spacial score (nSPS) is 25.3. The van der Waals surface area contributed by atoms with Crippen molar-refractivity contribution in [3.05, 3.63) is 46.7 Å². The van der Waals surface area contributed by atoms with Gasteiger partial charge in [-0.2, -0.15) is 0 Å². The summed E-state index contributed by atoms with van der Waals surface area (Å²) < 4.78 is 11.9. The first-order valence-electron chi connectivity index (χ1n) is 13.8. The van der Waals surface area contributed by atoms with Crippen molar-refractivity contribution in [2.45, 2.75) is 111 Å². The van der Waals surface area contributed by atoms with Gasteiger partial charge in [-0.15, -0.1) is 0 Å². The van der Waals surface area contributed by atoms with E-state index < -0.39 is 23.7 Å². The molecule has 1 saturated carbocycles. The molecule has 1 aromatic rings. The summed E-state index contributed by atoms with van der Waals surface area (Å²) >= 11 is 0. The maximum absolute atomic E-state index is 13.8. The lowest BCUT2D eigenvalue weighted by molar-refractivity contribution is -0.152. The van der Waals surface area contributed by atoms with Gasteiger partial charge in [-0.3, -0.25) is 4.90 Å². The van der Waals surface area contributed by atoms with Gasteiger partial charge in [0.2, 0.25) is 0 Å².